The van der Waals surface area contributed by atoms with Crippen LogP contribution in [0.25, 0.3) is 10.8 Å². The number of aromatic carboxylic acids is 2. The molecule has 2 aromatic carbocycles. The Labute approximate surface area is 154 Å². The molecule has 0 saturated heterocycles. The third kappa shape index (κ3) is 6.91. The standard InChI is InChI=1S/C9H8O4.C8H6N2.C2H4O2/c1-5-6(8(10)11)3-2-4-7(5)9(12)13;1-2-4-8-6-10-9-5-7(8)3-1;1-2(3)4/h2-4H,1H3,(H,10,11)(H,12,13);1-6H;1H3,(H,3,4). The smallest absolute Gasteiger partial charge is 0.335 e. The number of fused-ring (bicyclic) bond motifs is 1. The van der Waals surface area contributed by atoms with Crippen molar-refractivity contribution >= 4 is 28.7 Å². The number of aliphatic carboxylic acids is 1. The number of carboxylic acid groups (broad SMARTS) is 3. The molecule has 0 fully saturated rings. The molecule has 0 radical (unpaired) electrons. The summed E-state index contributed by atoms with van der Waals surface area (Å²) >= 11 is 0. The molecule has 27 heavy (non-hydrogen) atoms. The van der Waals surface area contributed by atoms with Gasteiger partial charge in [0.15, 0.2) is 0 Å². The summed E-state index contributed by atoms with van der Waals surface area (Å²) in [6, 6.07) is 12.2. The fourth-order valence-electron chi connectivity index (χ4n) is 2.04. The van der Waals surface area contributed by atoms with Crippen LogP contribution in [0.4, 0.5) is 0 Å². The first kappa shape index (κ1) is 21.2. The molecular formula is C19H18N2O6. The Hall–Kier alpha value is -3.81. The topological polar surface area (TPSA) is 138 Å². The van der Waals surface area contributed by atoms with Crippen LogP contribution in [0.3, 0.4) is 0 Å². The third-order valence-electron chi connectivity index (χ3n) is 3.25. The number of aromatic nitrogens is 2. The highest BCUT2D eigenvalue weighted by atomic mass is 16.4. The van der Waals surface area contributed by atoms with E-state index in [1.54, 1.807) is 12.4 Å². The average Bonchev–Trinajstić information content (AvgIpc) is 2.61. The van der Waals surface area contributed by atoms with Crippen molar-refractivity contribution in [3.05, 3.63) is 71.5 Å². The first-order chi connectivity index (χ1) is 12.7. The van der Waals surface area contributed by atoms with Crippen LogP contribution in [0, 0.1) is 6.92 Å². The molecule has 0 aliphatic carbocycles. The molecule has 0 saturated carbocycles. The number of rotatable bonds is 2. The first-order valence-electron chi connectivity index (χ1n) is 7.65. The molecule has 0 spiro atoms. The Balaban J connectivity index is 0.000000230. The Morgan fingerprint density at radius 3 is 1.44 bits per heavy atom. The van der Waals surface area contributed by atoms with Crippen LogP contribution in [-0.2, 0) is 4.79 Å². The summed E-state index contributed by atoms with van der Waals surface area (Å²) in [7, 11) is 0. The number of nitrogens with zero attached hydrogens (tertiary/aromatic N) is 2. The highest BCUT2D eigenvalue weighted by Gasteiger charge is 2.13. The Morgan fingerprint density at radius 2 is 1.11 bits per heavy atom. The van der Waals surface area contributed by atoms with Crippen LogP contribution in [0.1, 0.15) is 33.2 Å². The van der Waals surface area contributed by atoms with E-state index in [9.17, 15) is 9.59 Å². The maximum absolute atomic E-state index is 10.6. The van der Waals surface area contributed by atoms with Gasteiger partial charge in [-0.25, -0.2) is 9.59 Å². The zero-order chi connectivity index (χ0) is 20.4. The van der Waals surface area contributed by atoms with Gasteiger partial charge in [-0.2, -0.15) is 10.2 Å². The molecule has 3 aromatic rings. The van der Waals surface area contributed by atoms with Gasteiger partial charge in [-0.15, -0.1) is 0 Å². The van der Waals surface area contributed by atoms with Gasteiger partial charge >= 0.3 is 11.9 Å². The minimum Gasteiger partial charge on any atom is -0.481 e. The van der Waals surface area contributed by atoms with E-state index < -0.39 is 17.9 Å². The predicted molar refractivity (Wildman–Crippen MR) is 97.9 cm³/mol. The minimum absolute atomic E-state index is 0.0277. The number of hydrogen-bond acceptors (Lipinski definition) is 5. The number of carbonyl (C=O) groups is 3. The van der Waals surface area contributed by atoms with Crippen LogP contribution in [0.2, 0.25) is 0 Å². The van der Waals surface area contributed by atoms with Gasteiger partial charge < -0.3 is 15.3 Å². The van der Waals surface area contributed by atoms with Crippen molar-refractivity contribution in [2.75, 3.05) is 0 Å². The molecule has 0 bridgehead atoms. The number of hydrogen-bond donors (Lipinski definition) is 3. The van der Waals surface area contributed by atoms with E-state index in [2.05, 4.69) is 10.2 Å². The maximum atomic E-state index is 10.6. The summed E-state index contributed by atoms with van der Waals surface area (Å²) in [6.07, 6.45) is 3.52. The molecule has 140 valence electrons. The van der Waals surface area contributed by atoms with Crippen molar-refractivity contribution < 1.29 is 29.7 Å². The van der Waals surface area contributed by atoms with Gasteiger partial charge in [0, 0.05) is 17.7 Å². The molecule has 0 aliphatic heterocycles. The van der Waals surface area contributed by atoms with E-state index in [-0.39, 0.29) is 16.7 Å². The Morgan fingerprint density at radius 1 is 0.741 bits per heavy atom. The second-order valence-corrected chi connectivity index (χ2v) is 5.23. The molecule has 0 unspecified atom stereocenters. The molecule has 8 nitrogen and oxygen atoms in total. The molecule has 3 N–H and O–H groups in total. The lowest BCUT2D eigenvalue weighted by Gasteiger charge is -2.03. The average molecular weight is 370 g/mol. The summed E-state index contributed by atoms with van der Waals surface area (Å²) in [5.41, 5.74) is 0.335. The van der Waals surface area contributed by atoms with Gasteiger partial charge in [0.2, 0.25) is 0 Å². The first-order valence-corrected chi connectivity index (χ1v) is 7.65. The number of carboxylic acids is 3. The van der Waals surface area contributed by atoms with Crippen LogP contribution in [0.5, 0.6) is 0 Å². The molecule has 0 amide bonds. The molecule has 3 rings (SSSR count). The molecule has 1 aromatic heterocycles. The fourth-order valence-corrected chi connectivity index (χ4v) is 2.04. The summed E-state index contributed by atoms with van der Waals surface area (Å²) in [5.74, 6) is -3.05. The predicted octanol–water partition coefficient (Wildman–Crippen LogP) is 3.11. The van der Waals surface area contributed by atoms with Gasteiger partial charge in [-0.3, -0.25) is 4.79 Å². The monoisotopic (exact) mass is 370 g/mol. The minimum atomic E-state index is -1.11. The van der Waals surface area contributed by atoms with Crippen LogP contribution in [-0.4, -0.2) is 43.4 Å². The second-order valence-electron chi connectivity index (χ2n) is 5.23. The van der Waals surface area contributed by atoms with Gasteiger partial charge in [-0.1, -0.05) is 30.3 Å². The van der Waals surface area contributed by atoms with Crippen molar-refractivity contribution in [3.8, 4) is 0 Å². The zero-order valence-electron chi connectivity index (χ0n) is 14.7. The molecule has 8 heteroatoms. The summed E-state index contributed by atoms with van der Waals surface area (Å²) < 4.78 is 0. The van der Waals surface area contributed by atoms with E-state index in [1.165, 1.54) is 25.1 Å². The largest absolute Gasteiger partial charge is 0.481 e. The fraction of sp³-hybridized carbons (Fsp3) is 0.105. The van der Waals surface area contributed by atoms with E-state index in [1.807, 2.05) is 24.3 Å². The quantitative estimate of drug-likeness (QED) is 0.625. The molecule has 0 aliphatic rings. The third-order valence-corrected chi connectivity index (χ3v) is 3.25. The van der Waals surface area contributed by atoms with E-state index >= 15 is 0 Å². The van der Waals surface area contributed by atoms with Crippen LogP contribution < -0.4 is 0 Å². The summed E-state index contributed by atoms with van der Waals surface area (Å²) in [4.78, 5) is 30.2. The lowest BCUT2D eigenvalue weighted by atomic mass is 10.0. The van der Waals surface area contributed by atoms with Gasteiger partial charge in [0.05, 0.1) is 23.5 Å². The summed E-state index contributed by atoms with van der Waals surface area (Å²) in [6.45, 7) is 2.56. The molecular weight excluding hydrogens is 352 g/mol. The van der Waals surface area contributed by atoms with E-state index in [0.29, 0.717) is 0 Å². The highest BCUT2D eigenvalue weighted by Crippen LogP contribution is 2.13. The van der Waals surface area contributed by atoms with Crippen molar-refractivity contribution in [2.45, 2.75) is 13.8 Å². The zero-order valence-corrected chi connectivity index (χ0v) is 14.7. The molecule has 0 atom stereocenters. The van der Waals surface area contributed by atoms with Crippen molar-refractivity contribution in [2.24, 2.45) is 0 Å². The van der Waals surface area contributed by atoms with Crippen molar-refractivity contribution in [1.82, 2.24) is 10.2 Å². The Kier molecular flexibility index (Phi) is 8.05. The maximum Gasteiger partial charge on any atom is 0.335 e. The lowest BCUT2D eigenvalue weighted by Crippen LogP contribution is -2.06. The van der Waals surface area contributed by atoms with Crippen LogP contribution in [0.15, 0.2) is 54.9 Å². The van der Waals surface area contributed by atoms with Gasteiger partial charge in [-0.05, 0) is 24.6 Å². The van der Waals surface area contributed by atoms with Crippen LogP contribution >= 0.6 is 0 Å². The Bertz CT molecular complexity index is 854. The van der Waals surface area contributed by atoms with Gasteiger partial charge in [0.25, 0.3) is 5.97 Å². The second kappa shape index (κ2) is 10.2. The normalized spacial score (nSPS) is 9.26. The van der Waals surface area contributed by atoms with Crippen molar-refractivity contribution in [3.63, 3.8) is 0 Å². The number of benzene rings is 2. The van der Waals surface area contributed by atoms with Gasteiger partial charge in [0.1, 0.15) is 0 Å². The van der Waals surface area contributed by atoms with E-state index in [4.69, 9.17) is 20.1 Å². The van der Waals surface area contributed by atoms with E-state index in [0.717, 1.165) is 17.7 Å². The molecule has 1 heterocycles. The van der Waals surface area contributed by atoms with Crippen molar-refractivity contribution in [1.29, 1.82) is 0 Å². The summed E-state index contributed by atoms with van der Waals surface area (Å²) in [5, 5.41) is 34.6. The highest BCUT2D eigenvalue weighted by molar-refractivity contribution is 5.96. The SMILES string of the molecule is CC(=O)O.Cc1c(C(=O)O)cccc1C(=O)O.c1ccc2cnncc2c1. The lowest BCUT2D eigenvalue weighted by molar-refractivity contribution is -0.134.